The van der Waals surface area contributed by atoms with E-state index in [0.717, 1.165) is 22.5 Å². The number of nitrogens with zero attached hydrogens (tertiary/aromatic N) is 2. The van der Waals surface area contributed by atoms with Gasteiger partial charge in [-0.2, -0.15) is 0 Å². The Bertz CT molecular complexity index is 630. The van der Waals surface area contributed by atoms with Crippen LogP contribution in [0.15, 0.2) is 36.5 Å². The smallest absolute Gasteiger partial charge is 0.238 e. The second kappa shape index (κ2) is 7.18. The molecule has 1 heterocycles. The minimum Gasteiger partial charge on any atom is -0.324 e. The lowest BCUT2D eigenvalue weighted by atomic mass is 10.1. The minimum atomic E-state index is -0.00603. The summed E-state index contributed by atoms with van der Waals surface area (Å²) in [5.41, 5.74) is 5.28. The number of anilines is 1. The average Bonchev–Trinajstić information content (AvgIpc) is 2.43. The Morgan fingerprint density at radius 2 is 1.86 bits per heavy atom. The first-order valence-corrected chi connectivity index (χ1v) is 7.42. The van der Waals surface area contributed by atoms with Crippen molar-refractivity contribution in [3.05, 3.63) is 58.9 Å². The number of hydrogen-bond acceptors (Lipinski definition) is 3. The molecule has 0 saturated heterocycles. The van der Waals surface area contributed by atoms with E-state index in [2.05, 4.69) is 29.4 Å². The topological polar surface area (TPSA) is 45.2 Å². The Labute approximate surface area is 132 Å². The highest BCUT2D eigenvalue weighted by Gasteiger charge is 2.11. The summed E-state index contributed by atoms with van der Waals surface area (Å²) in [6, 6.07) is 9.97. The predicted molar refractivity (Wildman–Crippen MR) is 89.9 cm³/mol. The number of carbonyl (C=O) groups excluding carboxylic acids is 1. The molecule has 0 atom stereocenters. The number of nitrogens with one attached hydrogen (secondary N) is 1. The quantitative estimate of drug-likeness (QED) is 0.922. The molecule has 2 rings (SSSR count). The summed E-state index contributed by atoms with van der Waals surface area (Å²) >= 11 is 0. The van der Waals surface area contributed by atoms with Gasteiger partial charge in [0.05, 0.1) is 12.2 Å². The molecule has 1 aromatic carbocycles. The number of amides is 1. The van der Waals surface area contributed by atoms with Gasteiger partial charge >= 0.3 is 0 Å². The zero-order chi connectivity index (χ0) is 16.1. The summed E-state index contributed by atoms with van der Waals surface area (Å²) in [6.07, 6.45) is 1.77. The molecular weight excluding hydrogens is 274 g/mol. The zero-order valence-corrected chi connectivity index (χ0v) is 13.7. The molecule has 1 aromatic heterocycles. The van der Waals surface area contributed by atoms with Gasteiger partial charge in [0.1, 0.15) is 0 Å². The van der Waals surface area contributed by atoms with Crippen LogP contribution in [0.1, 0.15) is 22.4 Å². The van der Waals surface area contributed by atoms with E-state index < -0.39 is 0 Å². The molecule has 0 aliphatic carbocycles. The van der Waals surface area contributed by atoms with Gasteiger partial charge in [-0.25, -0.2) is 0 Å². The van der Waals surface area contributed by atoms with E-state index in [1.807, 2.05) is 44.0 Å². The first-order chi connectivity index (χ1) is 10.5. The summed E-state index contributed by atoms with van der Waals surface area (Å²) < 4.78 is 0. The van der Waals surface area contributed by atoms with Crippen molar-refractivity contribution in [2.75, 3.05) is 18.9 Å². The van der Waals surface area contributed by atoms with Crippen LogP contribution < -0.4 is 5.32 Å². The van der Waals surface area contributed by atoms with Crippen molar-refractivity contribution < 1.29 is 4.79 Å². The van der Waals surface area contributed by atoms with Gasteiger partial charge in [-0.05, 0) is 51.1 Å². The minimum absolute atomic E-state index is 0.00603. The van der Waals surface area contributed by atoms with Crippen LogP contribution in [0.2, 0.25) is 0 Å². The van der Waals surface area contributed by atoms with Gasteiger partial charge in [-0.15, -0.1) is 0 Å². The molecule has 116 valence electrons. The Morgan fingerprint density at radius 3 is 2.45 bits per heavy atom. The van der Waals surface area contributed by atoms with E-state index in [9.17, 15) is 4.79 Å². The van der Waals surface area contributed by atoms with Gasteiger partial charge in [-0.3, -0.25) is 14.7 Å². The van der Waals surface area contributed by atoms with Gasteiger partial charge < -0.3 is 5.32 Å². The van der Waals surface area contributed by atoms with Crippen LogP contribution >= 0.6 is 0 Å². The lowest BCUT2D eigenvalue weighted by Crippen LogP contribution is -2.30. The standard InChI is InChI=1S/C18H23N3O/c1-13-9-14(2)18(15(3)10-13)20-17(22)12-21(4)11-16-7-5-6-8-19-16/h5-10H,11-12H2,1-4H3,(H,20,22). The number of aromatic nitrogens is 1. The number of benzene rings is 1. The number of pyridine rings is 1. The molecule has 2 aromatic rings. The van der Waals surface area contributed by atoms with Crippen molar-refractivity contribution in [2.45, 2.75) is 27.3 Å². The molecule has 1 N–H and O–H groups in total. The van der Waals surface area contributed by atoms with Crippen LogP contribution in [-0.2, 0) is 11.3 Å². The molecule has 0 saturated carbocycles. The number of carbonyl (C=O) groups is 1. The Kier molecular flexibility index (Phi) is 5.28. The van der Waals surface area contributed by atoms with Gasteiger partial charge in [0.25, 0.3) is 0 Å². The summed E-state index contributed by atoms with van der Waals surface area (Å²) in [5, 5.41) is 3.02. The lowest BCUT2D eigenvalue weighted by molar-refractivity contribution is -0.117. The summed E-state index contributed by atoms with van der Waals surface area (Å²) in [4.78, 5) is 18.5. The second-order valence-electron chi connectivity index (χ2n) is 5.82. The van der Waals surface area contributed by atoms with E-state index in [4.69, 9.17) is 0 Å². The summed E-state index contributed by atoms with van der Waals surface area (Å²) in [6.45, 7) is 7.09. The third-order valence-electron chi connectivity index (χ3n) is 3.51. The van der Waals surface area contributed by atoms with E-state index in [-0.39, 0.29) is 5.91 Å². The lowest BCUT2D eigenvalue weighted by Gasteiger charge is -2.17. The van der Waals surface area contributed by atoms with E-state index >= 15 is 0 Å². The third kappa shape index (κ3) is 4.40. The molecule has 0 bridgehead atoms. The maximum absolute atomic E-state index is 12.2. The van der Waals surface area contributed by atoms with Crippen molar-refractivity contribution in [1.29, 1.82) is 0 Å². The average molecular weight is 297 g/mol. The fourth-order valence-electron chi connectivity index (χ4n) is 2.63. The van der Waals surface area contributed by atoms with Crippen molar-refractivity contribution >= 4 is 11.6 Å². The second-order valence-corrected chi connectivity index (χ2v) is 5.82. The predicted octanol–water partition coefficient (Wildman–Crippen LogP) is 3.08. The van der Waals surface area contributed by atoms with E-state index in [1.165, 1.54) is 5.56 Å². The molecular formula is C18H23N3O. The molecule has 0 radical (unpaired) electrons. The first kappa shape index (κ1) is 16.2. The molecule has 0 spiro atoms. The Morgan fingerprint density at radius 1 is 1.18 bits per heavy atom. The molecule has 0 aliphatic rings. The van der Waals surface area contributed by atoms with Crippen LogP contribution in [0.5, 0.6) is 0 Å². The van der Waals surface area contributed by atoms with E-state index in [1.54, 1.807) is 6.20 Å². The fraction of sp³-hybridized carbons (Fsp3) is 0.333. The number of aryl methyl sites for hydroxylation is 3. The molecule has 1 amide bonds. The van der Waals surface area contributed by atoms with Crippen LogP contribution in [0.3, 0.4) is 0 Å². The SMILES string of the molecule is Cc1cc(C)c(NC(=O)CN(C)Cc2ccccn2)c(C)c1. The highest BCUT2D eigenvalue weighted by molar-refractivity contribution is 5.93. The highest BCUT2D eigenvalue weighted by Crippen LogP contribution is 2.21. The molecule has 22 heavy (non-hydrogen) atoms. The largest absolute Gasteiger partial charge is 0.324 e. The Balaban J connectivity index is 1.96. The molecule has 4 nitrogen and oxygen atoms in total. The van der Waals surface area contributed by atoms with Gasteiger partial charge in [0, 0.05) is 18.4 Å². The Hall–Kier alpha value is -2.20. The van der Waals surface area contributed by atoms with Gasteiger partial charge in [0.2, 0.25) is 5.91 Å². The maximum atomic E-state index is 12.2. The fourth-order valence-corrected chi connectivity index (χ4v) is 2.63. The van der Waals surface area contributed by atoms with Crippen LogP contribution in [0.25, 0.3) is 0 Å². The maximum Gasteiger partial charge on any atom is 0.238 e. The number of hydrogen-bond donors (Lipinski definition) is 1. The van der Waals surface area contributed by atoms with Crippen LogP contribution in [0, 0.1) is 20.8 Å². The molecule has 0 fully saturated rings. The van der Waals surface area contributed by atoms with Crippen molar-refractivity contribution in [3.63, 3.8) is 0 Å². The normalized spacial score (nSPS) is 10.8. The van der Waals surface area contributed by atoms with Crippen LogP contribution in [-0.4, -0.2) is 29.4 Å². The van der Waals surface area contributed by atoms with Crippen LogP contribution in [0.4, 0.5) is 5.69 Å². The van der Waals surface area contributed by atoms with Crippen molar-refractivity contribution in [2.24, 2.45) is 0 Å². The molecule has 0 unspecified atom stereocenters. The summed E-state index contributed by atoms with van der Waals surface area (Å²) in [7, 11) is 1.92. The van der Waals surface area contributed by atoms with Gasteiger partial charge in [-0.1, -0.05) is 23.8 Å². The van der Waals surface area contributed by atoms with Crippen molar-refractivity contribution in [1.82, 2.24) is 9.88 Å². The van der Waals surface area contributed by atoms with Crippen molar-refractivity contribution in [3.8, 4) is 0 Å². The number of likely N-dealkylation sites (N-methyl/N-ethyl adjacent to an activating group) is 1. The summed E-state index contributed by atoms with van der Waals surface area (Å²) in [5.74, 6) is -0.00603. The van der Waals surface area contributed by atoms with E-state index in [0.29, 0.717) is 13.1 Å². The first-order valence-electron chi connectivity index (χ1n) is 7.42. The van der Waals surface area contributed by atoms with Gasteiger partial charge in [0.15, 0.2) is 0 Å². The monoisotopic (exact) mass is 297 g/mol. The third-order valence-corrected chi connectivity index (χ3v) is 3.51. The molecule has 0 aliphatic heterocycles. The highest BCUT2D eigenvalue weighted by atomic mass is 16.2. The zero-order valence-electron chi connectivity index (χ0n) is 13.7. The number of rotatable bonds is 5. The molecule has 4 heteroatoms.